The maximum atomic E-state index is 12.1. The number of methoxy groups -OCH3 is 2. The van der Waals surface area contributed by atoms with Gasteiger partial charge in [-0.3, -0.25) is 14.9 Å². The minimum atomic E-state index is -0.689. The molecular weight excluding hydrogens is 336 g/mol. The Labute approximate surface area is 140 Å². The Kier molecular flexibility index (Phi) is 5.05. The van der Waals surface area contributed by atoms with E-state index in [0.29, 0.717) is 0 Å². The number of nitro groups is 1. The molecule has 0 bridgehead atoms. The highest BCUT2D eigenvalue weighted by molar-refractivity contribution is 7.98. The van der Waals surface area contributed by atoms with Gasteiger partial charge in [-0.15, -0.1) is 0 Å². The van der Waals surface area contributed by atoms with Crippen LogP contribution < -0.4 is 15.0 Å². The van der Waals surface area contributed by atoms with Gasteiger partial charge in [-0.2, -0.15) is 5.26 Å². The molecule has 24 heavy (non-hydrogen) atoms. The van der Waals surface area contributed by atoms with Crippen molar-refractivity contribution in [3.05, 3.63) is 38.2 Å². The first-order valence-corrected chi connectivity index (χ1v) is 7.69. The summed E-state index contributed by atoms with van der Waals surface area (Å²) in [5.41, 5.74) is -1.60. The van der Waals surface area contributed by atoms with Gasteiger partial charge in [-0.1, -0.05) is 11.8 Å². The zero-order valence-corrected chi connectivity index (χ0v) is 13.8. The Morgan fingerprint density at radius 1 is 1.38 bits per heavy atom. The summed E-state index contributed by atoms with van der Waals surface area (Å²) in [5.74, 6) is 0.239. The molecule has 2 rings (SSSR count). The molecule has 0 spiro atoms. The predicted octanol–water partition coefficient (Wildman–Crippen LogP) is 1.96. The number of nitrogens with zero attached hydrogens (tertiary/aromatic N) is 3. The Hall–Kier alpha value is -3.06. The zero-order valence-electron chi connectivity index (χ0n) is 12.9. The van der Waals surface area contributed by atoms with E-state index in [1.807, 2.05) is 0 Å². The average Bonchev–Trinajstić information content (AvgIpc) is 2.59. The second-order valence-electron chi connectivity index (χ2n) is 4.36. The minimum absolute atomic E-state index is 0.0216. The van der Waals surface area contributed by atoms with Gasteiger partial charge in [0.1, 0.15) is 22.9 Å². The van der Waals surface area contributed by atoms with E-state index in [2.05, 4.69) is 9.97 Å². The number of H-pyrrole nitrogens is 1. The third kappa shape index (κ3) is 2.89. The highest BCUT2D eigenvalue weighted by atomic mass is 32.2. The molecule has 0 aliphatic carbocycles. The second-order valence-corrected chi connectivity index (χ2v) is 5.16. The van der Waals surface area contributed by atoms with Gasteiger partial charge in [0, 0.05) is 6.07 Å². The van der Waals surface area contributed by atoms with Gasteiger partial charge in [-0.25, -0.2) is 4.98 Å². The largest absolute Gasteiger partial charge is 0.493 e. The minimum Gasteiger partial charge on any atom is -0.493 e. The number of hydrogen-bond acceptors (Lipinski definition) is 8. The van der Waals surface area contributed by atoms with E-state index in [-0.39, 0.29) is 39.2 Å². The molecule has 0 saturated carbocycles. The van der Waals surface area contributed by atoms with Crippen LogP contribution in [0.4, 0.5) is 5.69 Å². The van der Waals surface area contributed by atoms with E-state index in [1.54, 1.807) is 12.3 Å². The lowest BCUT2D eigenvalue weighted by molar-refractivity contribution is -0.384. The van der Waals surface area contributed by atoms with Crippen LogP contribution in [0.2, 0.25) is 0 Å². The smallest absolute Gasteiger partial charge is 0.282 e. The number of nitrogens with one attached hydrogen (secondary N) is 1. The molecule has 0 radical (unpaired) electrons. The maximum absolute atomic E-state index is 12.1. The van der Waals surface area contributed by atoms with Crippen molar-refractivity contribution in [2.45, 2.75) is 5.16 Å². The fourth-order valence-corrected chi connectivity index (χ4v) is 2.51. The number of ether oxygens (including phenoxy) is 2. The SMILES string of the molecule is COc1ccc([N+](=O)[O-])c(-c2nc(SC)[nH]c(=O)c2C#N)c1OC. The van der Waals surface area contributed by atoms with Crippen LogP contribution in [0.15, 0.2) is 22.1 Å². The van der Waals surface area contributed by atoms with Crippen LogP contribution in [0.25, 0.3) is 11.3 Å². The molecule has 10 heteroatoms. The molecular formula is C14H12N4O5S. The van der Waals surface area contributed by atoms with Crippen molar-refractivity contribution in [3.63, 3.8) is 0 Å². The Morgan fingerprint density at radius 3 is 2.58 bits per heavy atom. The number of rotatable bonds is 5. The third-order valence-corrected chi connectivity index (χ3v) is 3.74. The quantitative estimate of drug-likeness (QED) is 0.375. The Bertz CT molecular complexity index is 903. The van der Waals surface area contributed by atoms with Crippen LogP contribution in [0.3, 0.4) is 0 Å². The lowest BCUT2D eigenvalue weighted by atomic mass is 10.0. The molecule has 1 aromatic heterocycles. The molecule has 0 amide bonds. The highest BCUT2D eigenvalue weighted by Crippen LogP contribution is 2.44. The molecule has 0 aliphatic rings. The lowest BCUT2D eigenvalue weighted by Gasteiger charge is -2.13. The molecule has 0 unspecified atom stereocenters. The number of thioether (sulfide) groups is 1. The van der Waals surface area contributed by atoms with Gasteiger partial charge in [-0.05, 0) is 12.3 Å². The fourth-order valence-electron chi connectivity index (χ4n) is 2.13. The molecule has 124 valence electrons. The predicted molar refractivity (Wildman–Crippen MR) is 86.5 cm³/mol. The number of nitro benzene ring substituents is 1. The van der Waals surface area contributed by atoms with Crippen molar-refractivity contribution in [2.75, 3.05) is 20.5 Å². The second kappa shape index (κ2) is 7.01. The van der Waals surface area contributed by atoms with Crippen LogP contribution in [0.1, 0.15) is 5.56 Å². The first-order valence-electron chi connectivity index (χ1n) is 6.46. The molecule has 2 aromatic rings. The van der Waals surface area contributed by atoms with E-state index in [0.717, 1.165) is 11.8 Å². The summed E-state index contributed by atoms with van der Waals surface area (Å²) in [6.45, 7) is 0. The summed E-state index contributed by atoms with van der Waals surface area (Å²) in [6.07, 6.45) is 1.67. The van der Waals surface area contributed by atoms with Crippen LogP contribution in [0.5, 0.6) is 11.5 Å². The molecule has 1 heterocycles. The van der Waals surface area contributed by atoms with Gasteiger partial charge < -0.3 is 14.5 Å². The van der Waals surface area contributed by atoms with Crippen molar-refractivity contribution < 1.29 is 14.4 Å². The standard InChI is InChI=1S/C14H12N4O5S/c1-22-9-5-4-8(18(20)21)10(12(9)23-2)11-7(6-15)13(19)17-14(16-11)24-3/h4-5H,1-3H3,(H,16,17,19). The zero-order chi connectivity index (χ0) is 17.9. The van der Waals surface area contributed by atoms with Crippen molar-refractivity contribution in [3.8, 4) is 28.8 Å². The molecule has 1 N–H and O–H groups in total. The normalized spacial score (nSPS) is 10.1. The molecule has 0 atom stereocenters. The van der Waals surface area contributed by atoms with Crippen LogP contribution >= 0.6 is 11.8 Å². The van der Waals surface area contributed by atoms with E-state index < -0.39 is 10.5 Å². The number of aromatic amines is 1. The van der Waals surface area contributed by atoms with E-state index >= 15 is 0 Å². The average molecular weight is 348 g/mol. The first kappa shape index (κ1) is 17.3. The van der Waals surface area contributed by atoms with Gasteiger partial charge in [0.15, 0.2) is 16.7 Å². The number of hydrogen-bond donors (Lipinski definition) is 1. The number of aromatic nitrogens is 2. The van der Waals surface area contributed by atoms with E-state index in [1.165, 1.54) is 26.4 Å². The summed E-state index contributed by atoms with van der Waals surface area (Å²) in [6, 6.07) is 4.31. The molecule has 0 fully saturated rings. The van der Waals surface area contributed by atoms with Crippen molar-refractivity contribution in [2.24, 2.45) is 0 Å². The van der Waals surface area contributed by atoms with Gasteiger partial charge in [0.25, 0.3) is 11.2 Å². The lowest BCUT2D eigenvalue weighted by Crippen LogP contribution is -2.15. The monoisotopic (exact) mass is 348 g/mol. The fraction of sp³-hybridized carbons (Fsp3) is 0.214. The van der Waals surface area contributed by atoms with Crippen LogP contribution in [0, 0.1) is 21.4 Å². The molecule has 1 aromatic carbocycles. The number of nitriles is 1. The summed E-state index contributed by atoms with van der Waals surface area (Å²) in [5, 5.41) is 20.9. The van der Waals surface area contributed by atoms with Crippen molar-refractivity contribution in [1.29, 1.82) is 5.26 Å². The van der Waals surface area contributed by atoms with Crippen molar-refractivity contribution >= 4 is 17.4 Å². The Morgan fingerprint density at radius 2 is 2.08 bits per heavy atom. The summed E-state index contributed by atoms with van der Waals surface area (Å²) in [4.78, 5) is 29.5. The van der Waals surface area contributed by atoms with Gasteiger partial charge >= 0.3 is 0 Å². The van der Waals surface area contributed by atoms with Gasteiger partial charge in [0.2, 0.25) is 0 Å². The van der Waals surface area contributed by atoms with Crippen molar-refractivity contribution in [1.82, 2.24) is 9.97 Å². The van der Waals surface area contributed by atoms with E-state index in [4.69, 9.17) is 9.47 Å². The summed E-state index contributed by atoms with van der Waals surface area (Å²) < 4.78 is 10.4. The first-order chi connectivity index (χ1) is 11.5. The van der Waals surface area contributed by atoms with Crippen LogP contribution in [-0.2, 0) is 0 Å². The summed E-state index contributed by atoms with van der Waals surface area (Å²) in [7, 11) is 2.68. The topological polar surface area (TPSA) is 131 Å². The number of benzene rings is 1. The van der Waals surface area contributed by atoms with Crippen LogP contribution in [-0.4, -0.2) is 35.4 Å². The highest BCUT2D eigenvalue weighted by Gasteiger charge is 2.28. The third-order valence-electron chi connectivity index (χ3n) is 3.16. The van der Waals surface area contributed by atoms with Gasteiger partial charge in [0.05, 0.1) is 19.1 Å². The molecule has 9 nitrogen and oxygen atoms in total. The van der Waals surface area contributed by atoms with E-state index in [9.17, 15) is 20.2 Å². The Balaban J connectivity index is 3.00. The summed E-state index contributed by atoms with van der Waals surface area (Å²) >= 11 is 1.13. The molecule has 0 aliphatic heterocycles. The maximum Gasteiger partial charge on any atom is 0.282 e. The molecule has 0 saturated heterocycles.